The maximum absolute atomic E-state index is 6.26. The number of aromatic amines is 1. The second kappa shape index (κ2) is 3.58. The SMILES string of the molecule is Nn1c2ccccc2c2c3[nH]c4ccccc4c3ccc21. The van der Waals surface area contributed by atoms with Gasteiger partial charge in [-0.1, -0.05) is 42.5 Å². The van der Waals surface area contributed by atoms with Crippen molar-refractivity contribution in [2.75, 3.05) is 5.84 Å². The monoisotopic (exact) mass is 271 g/mol. The standard InChI is InChI=1S/C18H13N3/c19-21-15-8-4-2-6-13(15)17-16(21)10-9-12-11-5-1-3-7-14(11)20-18(12)17/h1-10,20H,19H2. The summed E-state index contributed by atoms with van der Waals surface area (Å²) in [6.07, 6.45) is 0. The minimum absolute atomic E-state index is 1.05. The van der Waals surface area contributed by atoms with Crippen molar-refractivity contribution >= 4 is 43.6 Å². The van der Waals surface area contributed by atoms with Gasteiger partial charge >= 0.3 is 0 Å². The lowest BCUT2D eigenvalue weighted by Gasteiger charge is -1.98. The predicted octanol–water partition coefficient (Wildman–Crippen LogP) is 4.14. The van der Waals surface area contributed by atoms with Crippen LogP contribution in [0.15, 0.2) is 60.7 Å². The Morgan fingerprint density at radius 3 is 2.38 bits per heavy atom. The Hall–Kier alpha value is -2.94. The molecule has 0 unspecified atom stereocenters. The Morgan fingerprint density at radius 2 is 1.48 bits per heavy atom. The number of para-hydroxylation sites is 2. The maximum atomic E-state index is 6.26. The van der Waals surface area contributed by atoms with Crippen LogP contribution in [0.1, 0.15) is 0 Å². The van der Waals surface area contributed by atoms with Crippen LogP contribution in [0.2, 0.25) is 0 Å². The van der Waals surface area contributed by atoms with Crippen LogP contribution >= 0.6 is 0 Å². The molecule has 0 fully saturated rings. The summed E-state index contributed by atoms with van der Waals surface area (Å²) in [5.41, 5.74) is 4.43. The van der Waals surface area contributed by atoms with Crippen LogP contribution in [0.4, 0.5) is 0 Å². The molecule has 0 saturated heterocycles. The molecule has 0 saturated carbocycles. The lowest BCUT2D eigenvalue weighted by atomic mass is 10.1. The number of rotatable bonds is 0. The van der Waals surface area contributed by atoms with Crippen LogP contribution in [0.5, 0.6) is 0 Å². The molecule has 0 aliphatic rings. The number of nitrogens with one attached hydrogen (secondary N) is 1. The number of H-pyrrole nitrogens is 1. The highest BCUT2D eigenvalue weighted by atomic mass is 15.3. The van der Waals surface area contributed by atoms with E-state index in [1.165, 1.54) is 21.5 Å². The van der Waals surface area contributed by atoms with Gasteiger partial charge in [0.2, 0.25) is 0 Å². The third-order valence-corrected chi connectivity index (χ3v) is 4.35. The molecule has 3 N–H and O–H groups in total. The Kier molecular flexibility index (Phi) is 1.84. The molecule has 3 heteroatoms. The van der Waals surface area contributed by atoms with E-state index >= 15 is 0 Å². The Labute approximate surface area is 120 Å². The van der Waals surface area contributed by atoms with Crippen LogP contribution in [0.3, 0.4) is 0 Å². The summed E-state index contributed by atoms with van der Waals surface area (Å²) in [6.45, 7) is 0. The summed E-state index contributed by atoms with van der Waals surface area (Å²) in [5, 5.41) is 4.88. The summed E-state index contributed by atoms with van der Waals surface area (Å²) in [7, 11) is 0. The number of hydrogen-bond acceptors (Lipinski definition) is 1. The first-order chi connectivity index (χ1) is 10.3. The van der Waals surface area contributed by atoms with Gasteiger partial charge in [-0.15, -0.1) is 0 Å². The van der Waals surface area contributed by atoms with E-state index in [4.69, 9.17) is 5.84 Å². The van der Waals surface area contributed by atoms with E-state index in [-0.39, 0.29) is 0 Å². The Bertz CT molecular complexity index is 1140. The molecular weight excluding hydrogens is 258 g/mol. The quantitative estimate of drug-likeness (QED) is 0.408. The third kappa shape index (κ3) is 1.23. The average molecular weight is 271 g/mol. The Balaban J connectivity index is 2.16. The molecule has 5 aromatic rings. The highest BCUT2D eigenvalue weighted by Gasteiger charge is 2.14. The van der Waals surface area contributed by atoms with Crippen molar-refractivity contribution in [3.05, 3.63) is 60.7 Å². The summed E-state index contributed by atoms with van der Waals surface area (Å²) < 4.78 is 1.77. The molecule has 0 amide bonds. The summed E-state index contributed by atoms with van der Waals surface area (Å²) >= 11 is 0. The molecule has 0 bridgehead atoms. The first kappa shape index (κ1) is 10.8. The van der Waals surface area contributed by atoms with Crippen LogP contribution in [0, 0.1) is 0 Å². The van der Waals surface area contributed by atoms with E-state index in [9.17, 15) is 0 Å². The van der Waals surface area contributed by atoms with Gasteiger partial charge < -0.3 is 10.8 Å². The highest BCUT2D eigenvalue weighted by molar-refractivity contribution is 6.24. The number of nitrogens with zero attached hydrogens (tertiary/aromatic N) is 1. The highest BCUT2D eigenvalue weighted by Crippen LogP contribution is 2.36. The fourth-order valence-electron chi connectivity index (χ4n) is 3.41. The summed E-state index contributed by atoms with van der Waals surface area (Å²) in [6, 6.07) is 20.9. The minimum Gasteiger partial charge on any atom is -0.354 e. The molecule has 0 radical (unpaired) electrons. The fraction of sp³-hybridized carbons (Fsp3) is 0. The number of fused-ring (bicyclic) bond motifs is 7. The van der Waals surface area contributed by atoms with Gasteiger partial charge in [0.05, 0.1) is 16.6 Å². The van der Waals surface area contributed by atoms with Crippen molar-refractivity contribution in [2.24, 2.45) is 0 Å². The minimum atomic E-state index is 1.05. The maximum Gasteiger partial charge on any atom is 0.0724 e. The van der Waals surface area contributed by atoms with Crippen molar-refractivity contribution < 1.29 is 0 Å². The van der Waals surface area contributed by atoms with Crippen molar-refractivity contribution in [2.45, 2.75) is 0 Å². The van der Waals surface area contributed by atoms with Gasteiger partial charge in [0.1, 0.15) is 0 Å². The van der Waals surface area contributed by atoms with Gasteiger partial charge in [-0.2, -0.15) is 0 Å². The number of hydrogen-bond donors (Lipinski definition) is 2. The molecule has 2 aromatic heterocycles. The van der Waals surface area contributed by atoms with Crippen molar-refractivity contribution in [3.8, 4) is 0 Å². The van der Waals surface area contributed by atoms with E-state index in [0.717, 1.165) is 22.1 Å². The number of nitrogen functional groups attached to an aromatic ring is 1. The zero-order chi connectivity index (χ0) is 14.0. The zero-order valence-electron chi connectivity index (χ0n) is 11.3. The second-order valence-corrected chi connectivity index (χ2v) is 5.44. The third-order valence-electron chi connectivity index (χ3n) is 4.35. The molecule has 5 rings (SSSR count). The van der Waals surface area contributed by atoms with E-state index in [2.05, 4.69) is 59.6 Å². The molecule has 0 spiro atoms. The predicted molar refractivity (Wildman–Crippen MR) is 89.0 cm³/mol. The van der Waals surface area contributed by atoms with E-state index in [1.807, 2.05) is 6.07 Å². The van der Waals surface area contributed by atoms with Gasteiger partial charge in [0, 0.05) is 27.1 Å². The van der Waals surface area contributed by atoms with E-state index < -0.39 is 0 Å². The zero-order valence-corrected chi connectivity index (χ0v) is 11.3. The number of aromatic nitrogens is 2. The van der Waals surface area contributed by atoms with Crippen molar-refractivity contribution in [1.82, 2.24) is 9.66 Å². The fourth-order valence-corrected chi connectivity index (χ4v) is 3.41. The molecule has 3 nitrogen and oxygen atoms in total. The van der Waals surface area contributed by atoms with Gasteiger partial charge in [-0.05, 0) is 18.2 Å². The van der Waals surface area contributed by atoms with Crippen LogP contribution in [0.25, 0.3) is 43.6 Å². The lowest BCUT2D eigenvalue weighted by molar-refractivity contribution is 1.12. The van der Waals surface area contributed by atoms with Crippen LogP contribution in [-0.2, 0) is 0 Å². The molecule has 2 heterocycles. The summed E-state index contributed by atoms with van der Waals surface area (Å²) in [4.78, 5) is 3.56. The van der Waals surface area contributed by atoms with Gasteiger partial charge in [-0.3, -0.25) is 4.68 Å². The van der Waals surface area contributed by atoms with E-state index in [1.54, 1.807) is 4.68 Å². The van der Waals surface area contributed by atoms with Crippen LogP contribution < -0.4 is 5.84 Å². The first-order valence-corrected chi connectivity index (χ1v) is 7.02. The van der Waals surface area contributed by atoms with Crippen LogP contribution in [-0.4, -0.2) is 9.66 Å². The number of benzene rings is 3. The molecule has 100 valence electrons. The average Bonchev–Trinajstić information content (AvgIpc) is 3.04. The van der Waals surface area contributed by atoms with E-state index in [0.29, 0.717) is 0 Å². The normalized spacial score (nSPS) is 12.0. The van der Waals surface area contributed by atoms with Crippen molar-refractivity contribution in [3.63, 3.8) is 0 Å². The topological polar surface area (TPSA) is 46.7 Å². The van der Waals surface area contributed by atoms with Crippen molar-refractivity contribution in [1.29, 1.82) is 0 Å². The van der Waals surface area contributed by atoms with Gasteiger partial charge in [0.15, 0.2) is 0 Å². The lowest BCUT2D eigenvalue weighted by Crippen LogP contribution is -2.06. The number of nitrogens with two attached hydrogens (primary N) is 1. The smallest absolute Gasteiger partial charge is 0.0724 e. The molecular formula is C18H13N3. The molecule has 21 heavy (non-hydrogen) atoms. The largest absolute Gasteiger partial charge is 0.354 e. The molecule has 3 aromatic carbocycles. The van der Waals surface area contributed by atoms with Gasteiger partial charge in [0.25, 0.3) is 0 Å². The first-order valence-electron chi connectivity index (χ1n) is 7.02. The van der Waals surface area contributed by atoms with Gasteiger partial charge in [-0.25, -0.2) is 0 Å². The second-order valence-electron chi connectivity index (χ2n) is 5.44. The molecule has 0 atom stereocenters. The Morgan fingerprint density at radius 1 is 0.714 bits per heavy atom. The molecule has 0 aliphatic carbocycles. The molecule has 0 aliphatic heterocycles. The summed E-state index contributed by atoms with van der Waals surface area (Å²) in [5.74, 6) is 6.26.